The predicted octanol–water partition coefficient (Wildman–Crippen LogP) is 1.90. The summed E-state index contributed by atoms with van der Waals surface area (Å²) in [4.78, 5) is 24.0. The van der Waals surface area contributed by atoms with Gasteiger partial charge in [0.25, 0.3) is 18.2 Å². The number of nitrogens with zero attached hydrogens (tertiary/aromatic N) is 2. The average Bonchev–Trinajstić information content (AvgIpc) is 2.90. The topological polar surface area (TPSA) is 76.0 Å². The van der Waals surface area contributed by atoms with Crippen molar-refractivity contribution in [3.8, 4) is 0 Å². The van der Waals surface area contributed by atoms with Crippen LogP contribution in [0.15, 0.2) is 24.4 Å². The van der Waals surface area contributed by atoms with Gasteiger partial charge in [0.05, 0.1) is 11.8 Å². The number of halogens is 2. The van der Waals surface area contributed by atoms with Crippen molar-refractivity contribution in [3.05, 3.63) is 46.8 Å². The van der Waals surface area contributed by atoms with E-state index in [1.807, 2.05) is 0 Å². The van der Waals surface area contributed by atoms with Crippen LogP contribution in [0.4, 0.5) is 14.5 Å². The van der Waals surface area contributed by atoms with Gasteiger partial charge in [-0.25, -0.2) is 8.78 Å². The lowest BCUT2D eigenvalue weighted by atomic mass is 10.00. The Labute approximate surface area is 130 Å². The molecule has 3 rings (SSSR count). The maximum atomic E-state index is 13.0. The van der Waals surface area contributed by atoms with E-state index in [-0.39, 0.29) is 11.5 Å². The fourth-order valence-corrected chi connectivity index (χ4v) is 2.57. The van der Waals surface area contributed by atoms with E-state index in [0.717, 1.165) is 16.4 Å². The quantitative estimate of drug-likeness (QED) is 0.907. The highest BCUT2D eigenvalue weighted by Gasteiger charge is 2.24. The van der Waals surface area contributed by atoms with E-state index in [1.54, 1.807) is 18.2 Å². The second-order valence-corrected chi connectivity index (χ2v) is 5.20. The first-order valence-corrected chi connectivity index (χ1v) is 7.00. The highest BCUT2D eigenvalue weighted by atomic mass is 19.3. The summed E-state index contributed by atoms with van der Waals surface area (Å²) in [6.45, 7) is 0.574. The lowest BCUT2D eigenvalue weighted by molar-refractivity contribution is 0.0944. The maximum Gasteiger partial charge on any atom is 0.280 e. The van der Waals surface area contributed by atoms with Crippen LogP contribution < -0.4 is 10.6 Å². The van der Waals surface area contributed by atoms with Gasteiger partial charge in [-0.1, -0.05) is 6.07 Å². The third-order valence-electron chi connectivity index (χ3n) is 3.73. The first-order valence-electron chi connectivity index (χ1n) is 7.00. The molecule has 2 aromatic rings. The molecule has 1 aliphatic heterocycles. The minimum atomic E-state index is -2.81. The molecule has 0 radical (unpaired) electrons. The van der Waals surface area contributed by atoms with Crippen molar-refractivity contribution in [1.29, 1.82) is 0 Å². The molecule has 0 bridgehead atoms. The molecule has 1 aliphatic rings. The van der Waals surface area contributed by atoms with Crippen molar-refractivity contribution in [2.45, 2.75) is 12.8 Å². The summed E-state index contributed by atoms with van der Waals surface area (Å²) in [5.74, 6) is -0.901. The summed E-state index contributed by atoms with van der Waals surface area (Å²) in [5.41, 5.74) is 1.11. The van der Waals surface area contributed by atoms with E-state index >= 15 is 0 Å². The summed E-state index contributed by atoms with van der Waals surface area (Å²) in [7, 11) is 1.35. The van der Waals surface area contributed by atoms with Crippen LogP contribution in [0.5, 0.6) is 0 Å². The second-order valence-electron chi connectivity index (χ2n) is 5.20. The van der Waals surface area contributed by atoms with Crippen LogP contribution in [0, 0.1) is 0 Å². The summed E-state index contributed by atoms with van der Waals surface area (Å²) in [6, 6.07) is 4.94. The van der Waals surface area contributed by atoms with Gasteiger partial charge < -0.3 is 10.6 Å². The smallest absolute Gasteiger partial charge is 0.280 e. The number of aromatic nitrogens is 2. The molecule has 120 valence electrons. The number of rotatable bonds is 3. The van der Waals surface area contributed by atoms with Crippen LogP contribution >= 0.6 is 0 Å². The highest BCUT2D eigenvalue weighted by Crippen LogP contribution is 2.24. The van der Waals surface area contributed by atoms with E-state index in [4.69, 9.17) is 0 Å². The minimum absolute atomic E-state index is 0.190. The number of amides is 2. The monoisotopic (exact) mass is 320 g/mol. The minimum Gasteiger partial charge on any atom is -0.352 e. The summed E-state index contributed by atoms with van der Waals surface area (Å²) >= 11 is 0. The molecule has 0 atom stereocenters. The fraction of sp³-hybridized carbons (Fsp3) is 0.267. The van der Waals surface area contributed by atoms with Gasteiger partial charge in [-0.3, -0.25) is 14.3 Å². The normalized spacial score (nSPS) is 13.7. The molecular weight excluding hydrogens is 306 g/mol. The molecule has 0 saturated carbocycles. The first-order chi connectivity index (χ1) is 11.0. The maximum absolute atomic E-state index is 13.0. The largest absolute Gasteiger partial charge is 0.352 e. The SMILES string of the molecule is Cn1ncc(C(=O)Nc2ccc3c(c2)C(=O)NCC3)c1C(F)F. The Hall–Kier alpha value is -2.77. The van der Waals surface area contributed by atoms with Gasteiger partial charge in [0, 0.05) is 24.8 Å². The zero-order chi connectivity index (χ0) is 16.6. The van der Waals surface area contributed by atoms with Crippen molar-refractivity contribution >= 4 is 17.5 Å². The Bertz CT molecular complexity index is 786. The molecule has 2 N–H and O–H groups in total. The zero-order valence-corrected chi connectivity index (χ0v) is 12.3. The van der Waals surface area contributed by atoms with Gasteiger partial charge in [-0.15, -0.1) is 0 Å². The van der Waals surface area contributed by atoms with Gasteiger partial charge in [0.1, 0.15) is 5.69 Å². The van der Waals surface area contributed by atoms with Gasteiger partial charge in [-0.05, 0) is 24.1 Å². The van der Waals surface area contributed by atoms with E-state index in [1.165, 1.54) is 7.05 Å². The Morgan fingerprint density at radius 3 is 2.96 bits per heavy atom. The fourth-order valence-electron chi connectivity index (χ4n) is 2.57. The summed E-state index contributed by atoms with van der Waals surface area (Å²) < 4.78 is 27.0. The number of aryl methyl sites for hydroxylation is 1. The van der Waals surface area contributed by atoms with Gasteiger partial charge in [0.15, 0.2) is 0 Å². The van der Waals surface area contributed by atoms with Crippen LogP contribution in [-0.2, 0) is 13.5 Å². The molecule has 0 saturated heterocycles. The van der Waals surface area contributed by atoms with Crippen molar-refractivity contribution in [2.24, 2.45) is 7.05 Å². The van der Waals surface area contributed by atoms with Crippen LogP contribution in [0.3, 0.4) is 0 Å². The number of hydrogen-bond donors (Lipinski definition) is 2. The van der Waals surface area contributed by atoms with Crippen molar-refractivity contribution in [1.82, 2.24) is 15.1 Å². The Kier molecular flexibility index (Phi) is 3.81. The van der Waals surface area contributed by atoms with Crippen LogP contribution in [0.25, 0.3) is 0 Å². The molecule has 0 fully saturated rings. The number of benzene rings is 1. The Morgan fingerprint density at radius 2 is 2.22 bits per heavy atom. The summed E-state index contributed by atoms with van der Waals surface area (Å²) in [6.07, 6.45) is -0.993. The van der Waals surface area contributed by atoms with E-state index < -0.39 is 18.0 Å². The van der Waals surface area contributed by atoms with Crippen molar-refractivity contribution in [2.75, 3.05) is 11.9 Å². The molecule has 6 nitrogen and oxygen atoms in total. The number of alkyl halides is 2. The number of fused-ring (bicyclic) bond motifs is 1. The van der Waals surface area contributed by atoms with Crippen molar-refractivity contribution in [3.63, 3.8) is 0 Å². The molecule has 2 amide bonds. The number of nitrogens with one attached hydrogen (secondary N) is 2. The molecule has 0 unspecified atom stereocenters. The molecule has 23 heavy (non-hydrogen) atoms. The predicted molar refractivity (Wildman–Crippen MR) is 78.6 cm³/mol. The molecule has 1 aromatic heterocycles. The number of anilines is 1. The Balaban J connectivity index is 1.87. The van der Waals surface area contributed by atoms with Crippen LogP contribution in [0.1, 0.15) is 38.4 Å². The van der Waals surface area contributed by atoms with Gasteiger partial charge in [-0.2, -0.15) is 5.10 Å². The molecule has 1 aromatic carbocycles. The van der Waals surface area contributed by atoms with E-state index in [0.29, 0.717) is 24.2 Å². The molecular formula is C15H14F2N4O2. The zero-order valence-electron chi connectivity index (χ0n) is 12.3. The Morgan fingerprint density at radius 1 is 1.43 bits per heavy atom. The third kappa shape index (κ3) is 2.79. The molecule has 0 aliphatic carbocycles. The highest BCUT2D eigenvalue weighted by molar-refractivity contribution is 6.06. The van der Waals surface area contributed by atoms with Crippen molar-refractivity contribution < 1.29 is 18.4 Å². The lowest BCUT2D eigenvalue weighted by Gasteiger charge is -2.17. The van der Waals surface area contributed by atoms with E-state index in [2.05, 4.69) is 15.7 Å². The van der Waals surface area contributed by atoms with Gasteiger partial charge in [0.2, 0.25) is 0 Å². The standard InChI is InChI=1S/C15H14F2N4O2/c1-21-12(13(16)17)11(7-19-21)15(23)20-9-3-2-8-4-5-18-14(22)10(8)6-9/h2-3,6-7,13H,4-5H2,1H3,(H,18,22)(H,20,23). The lowest BCUT2D eigenvalue weighted by Crippen LogP contribution is -2.31. The number of carbonyl (C=O) groups excluding carboxylic acids is 2. The number of hydrogen-bond acceptors (Lipinski definition) is 3. The van der Waals surface area contributed by atoms with Crippen LogP contribution in [-0.4, -0.2) is 28.1 Å². The third-order valence-corrected chi connectivity index (χ3v) is 3.73. The molecule has 8 heteroatoms. The first kappa shape index (κ1) is 15.1. The van der Waals surface area contributed by atoms with E-state index in [9.17, 15) is 18.4 Å². The van der Waals surface area contributed by atoms with Gasteiger partial charge >= 0.3 is 0 Å². The molecule has 0 spiro atoms. The molecule has 2 heterocycles. The van der Waals surface area contributed by atoms with Crippen LogP contribution in [0.2, 0.25) is 0 Å². The number of carbonyl (C=O) groups is 2. The second kappa shape index (κ2) is 5.79. The average molecular weight is 320 g/mol. The summed E-state index contributed by atoms with van der Waals surface area (Å²) in [5, 5.41) is 8.94.